The van der Waals surface area contributed by atoms with Crippen molar-refractivity contribution in [2.45, 2.75) is 251 Å². The molecule has 0 saturated carbocycles. The zero-order valence-electron chi connectivity index (χ0n) is 39.0. The second-order valence-corrected chi connectivity index (χ2v) is 16.9. The van der Waals surface area contributed by atoms with E-state index in [1.54, 1.807) is 0 Å². The van der Waals surface area contributed by atoms with E-state index < -0.39 is 12.1 Å². The summed E-state index contributed by atoms with van der Waals surface area (Å²) in [5.74, 6) is -0.0447. The van der Waals surface area contributed by atoms with Crippen LogP contribution in [0.3, 0.4) is 0 Å². The van der Waals surface area contributed by atoms with Gasteiger partial charge in [-0.15, -0.1) is 0 Å². The molecule has 0 aromatic heterocycles. The van der Waals surface area contributed by atoms with Gasteiger partial charge in [0.25, 0.3) is 0 Å². The van der Waals surface area contributed by atoms with E-state index in [4.69, 9.17) is 0 Å². The van der Waals surface area contributed by atoms with E-state index in [0.717, 1.165) is 83.5 Å². The molecular weight excluding hydrogens is 723 g/mol. The predicted molar refractivity (Wildman–Crippen MR) is 262 cm³/mol. The number of rotatable bonds is 45. The van der Waals surface area contributed by atoms with E-state index in [1.165, 1.54) is 128 Å². The van der Waals surface area contributed by atoms with Gasteiger partial charge in [-0.25, -0.2) is 0 Å². The number of nitrogens with one attached hydrogen (secondary N) is 1. The minimum atomic E-state index is -0.670. The monoisotopic (exact) mass is 820 g/mol. The van der Waals surface area contributed by atoms with Gasteiger partial charge in [0.1, 0.15) is 0 Å². The third-order valence-corrected chi connectivity index (χ3v) is 11.2. The van der Waals surface area contributed by atoms with Crippen LogP contribution in [0.1, 0.15) is 239 Å². The Hall–Kier alpha value is -2.43. The highest BCUT2D eigenvalue weighted by Gasteiger charge is 2.20. The van der Waals surface area contributed by atoms with Crippen molar-refractivity contribution in [2.24, 2.45) is 0 Å². The topological polar surface area (TPSA) is 69.6 Å². The molecule has 0 spiro atoms. The standard InChI is InChI=1S/C55H97NO3/c1-3-5-7-9-11-13-15-17-19-21-23-24-25-26-27-28-29-30-31-32-33-35-37-39-41-43-45-47-49-51-55(59)56-53(52-57)54(58)50-48-46-44-42-40-38-36-34-22-20-18-16-14-12-10-8-6-4-2/h5,7,11,13,17,19,23-24,26-27,29-30,32-33,53-54,57-58H,3-4,6,8-10,12,14-16,18,20-22,25,28,31,34-52H2,1-2H3,(H,56,59)/b7-5-,13-11-,19-17-,24-23-,27-26-,30-29-,33-32-. The Morgan fingerprint density at radius 3 is 1.12 bits per heavy atom. The largest absolute Gasteiger partial charge is 0.394 e. The lowest BCUT2D eigenvalue weighted by Gasteiger charge is -2.22. The number of unbranched alkanes of at least 4 members (excludes halogenated alkanes) is 24. The Kier molecular flexibility index (Phi) is 47.9. The van der Waals surface area contributed by atoms with Crippen molar-refractivity contribution >= 4 is 5.91 Å². The summed E-state index contributed by atoms with van der Waals surface area (Å²) in [4.78, 5) is 12.5. The van der Waals surface area contributed by atoms with E-state index >= 15 is 0 Å². The first-order valence-corrected chi connectivity index (χ1v) is 25.3. The molecular formula is C55H97NO3. The minimum absolute atomic E-state index is 0.0447. The molecule has 0 bridgehead atoms. The SMILES string of the molecule is CC/C=C\C/C=C\C/C=C\C/C=C\C/C=C\C/C=C\C/C=C\CCCCCCCCCC(=O)NC(CO)C(O)CCCCCCCCCCCCCCCCCCCC. The van der Waals surface area contributed by atoms with E-state index in [1.807, 2.05) is 0 Å². The molecule has 0 aromatic carbocycles. The van der Waals surface area contributed by atoms with Gasteiger partial charge in [0, 0.05) is 6.42 Å². The number of amides is 1. The Bertz CT molecular complexity index is 1070. The summed E-state index contributed by atoms with van der Waals surface area (Å²) in [7, 11) is 0. The summed E-state index contributed by atoms with van der Waals surface area (Å²) in [5, 5.41) is 23.3. The van der Waals surface area contributed by atoms with Crippen LogP contribution in [0, 0.1) is 0 Å². The minimum Gasteiger partial charge on any atom is -0.394 e. The second kappa shape index (κ2) is 49.9. The highest BCUT2D eigenvalue weighted by Crippen LogP contribution is 2.16. The van der Waals surface area contributed by atoms with E-state index in [2.05, 4.69) is 104 Å². The maximum atomic E-state index is 12.5. The van der Waals surface area contributed by atoms with Gasteiger partial charge >= 0.3 is 0 Å². The maximum Gasteiger partial charge on any atom is 0.220 e. The fourth-order valence-corrected chi connectivity index (χ4v) is 7.34. The van der Waals surface area contributed by atoms with Crippen LogP contribution in [0.2, 0.25) is 0 Å². The molecule has 0 fully saturated rings. The molecule has 0 aromatic rings. The highest BCUT2D eigenvalue weighted by atomic mass is 16.3. The van der Waals surface area contributed by atoms with Gasteiger partial charge in [0.15, 0.2) is 0 Å². The van der Waals surface area contributed by atoms with Gasteiger partial charge in [-0.2, -0.15) is 0 Å². The Labute approximate surface area is 367 Å². The number of allylic oxidation sites excluding steroid dienone is 14. The maximum absolute atomic E-state index is 12.5. The third-order valence-electron chi connectivity index (χ3n) is 11.2. The number of hydrogen-bond donors (Lipinski definition) is 3. The summed E-state index contributed by atoms with van der Waals surface area (Å²) in [6, 6.07) is -0.548. The predicted octanol–water partition coefficient (Wildman–Crippen LogP) is 16.4. The number of carbonyl (C=O) groups excluding carboxylic acids is 1. The molecule has 59 heavy (non-hydrogen) atoms. The van der Waals surface area contributed by atoms with Crippen LogP contribution in [-0.4, -0.2) is 34.9 Å². The van der Waals surface area contributed by atoms with Gasteiger partial charge in [-0.3, -0.25) is 4.79 Å². The van der Waals surface area contributed by atoms with Crippen LogP contribution < -0.4 is 5.32 Å². The van der Waals surface area contributed by atoms with Gasteiger partial charge in [0.2, 0.25) is 5.91 Å². The molecule has 0 rings (SSSR count). The molecule has 4 heteroatoms. The Morgan fingerprint density at radius 1 is 0.424 bits per heavy atom. The molecule has 340 valence electrons. The molecule has 0 aliphatic carbocycles. The van der Waals surface area contributed by atoms with E-state index in [-0.39, 0.29) is 12.5 Å². The van der Waals surface area contributed by atoms with Crippen molar-refractivity contribution in [1.29, 1.82) is 0 Å². The number of carbonyl (C=O) groups is 1. The first-order chi connectivity index (χ1) is 29.2. The molecule has 0 radical (unpaired) electrons. The molecule has 2 unspecified atom stereocenters. The van der Waals surface area contributed by atoms with Crippen LogP contribution in [0.15, 0.2) is 85.1 Å². The first-order valence-electron chi connectivity index (χ1n) is 25.3. The summed E-state index contributed by atoms with van der Waals surface area (Å²) in [5.41, 5.74) is 0. The van der Waals surface area contributed by atoms with Crippen molar-refractivity contribution in [3.8, 4) is 0 Å². The zero-order valence-corrected chi connectivity index (χ0v) is 39.0. The summed E-state index contributed by atoms with van der Waals surface area (Å²) < 4.78 is 0. The lowest BCUT2D eigenvalue weighted by Crippen LogP contribution is -2.45. The lowest BCUT2D eigenvalue weighted by atomic mass is 10.0. The average Bonchev–Trinajstić information content (AvgIpc) is 3.24. The van der Waals surface area contributed by atoms with Gasteiger partial charge < -0.3 is 15.5 Å². The van der Waals surface area contributed by atoms with Gasteiger partial charge in [-0.1, -0.05) is 247 Å². The fraction of sp³-hybridized carbons (Fsp3) is 0.727. The van der Waals surface area contributed by atoms with Gasteiger partial charge in [-0.05, 0) is 70.6 Å². The van der Waals surface area contributed by atoms with Crippen LogP contribution in [0.5, 0.6) is 0 Å². The Balaban J connectivity index is 3.59. The summed E-state index contributed by atoms with van der Waals surface area (Å²) in [6.45, 7) is 4.25. The smallest absolute Gasteiger partial charge is 0.220 e. The lowest BCUT2D eigenvalue weighted by molar-refractivity contribution is -0.123. The molecule has 0 aliphatic rings. The van der Waals surface area contributed by atoms with Crippen molar-refractivity contribution < 1.29 is 15.0 Å². The number of aliphatic hydroxyl groups is 2. The third kappa shape index (κ3) is 46.5. The quantitative estimate of drug-likeness (QED) is 0.0423. The average molecular weight is 820 g/mol. The molecule has 4 nitrogen and oxygen atoms in total. The zero-order chi connectivity index (χ0) is 42.8. The van der Waals surface area contributed by atoms with Gasteiger partial charge in [0.05, 0.1) is 18.8 Å². The van der Waals surface area contributed by atoms with Crippen LogP contribution in [-0.2, 0) is 4.79 Å². The van der Waals surface area contributed by atoms with Crippen LogP contribution in [0.25, 0.3) is 0 Å². The molecule has 0 saturated heterocycles. The summed E-state index contributed by atoms with van der Waals surface area (Å²) >= 11 is 0. The normalized spacial score (nSPS) is 13.6. The van der Waals surface area contributed by atoms with Crippen molar-refractivity contribution in [3.63, 3.8) is 0 Å². The van der Waals surface area contributed by atoms with E-state index in [9.17, 15) is 15.0 Å². The number of hydrogen-bond acceptors (Lipinski definition) is 3. The fourth-order valence-electron chi connectivity index (χ4n) is 7.34. The van der Waals surface area contributed by atoms with Crippen LogP contribution in [0.4, 0.5) is 0 Å². The first kappa shape index (κ1) is 56.6. The second-order valence-electron chi connectivity index (χ2n) is 16.9. The molecule has 0 aliphatic heterocycles. The van der Waals surface area contributed by atoms with Crippen LogP contribution >= 0.6 is 0 Å². The highest BCUT2D eigenvalue weighted by molar-refractivity contribution is 5.76. The molecule has 0 heterocycles. The van der Waals surface area contributed by atoms with Crippen molar-refractivity contribution in [3.05, 3.63) is 85.1 Å². The van der Waals surface area contributed by atoms with Crippen molar-refractivity contribution in [1.82, 2.24) is 5.32 Å². The molecule has 3 N–H and O–H groups in total. The van der Waals surface area contributed by atoms with Crippen molar-refractivity contribution in [2.75, 3.05) is 6.61 Å². The van der Waals surface area contributed by atoms with E-state index in [0.29, 0.717) is 12.8 Å². The molecule has 2 atom stereocenters. The number of aliphatic hydroxyl groups excluding tert-OH is 2. The molecule has 1 amide bonds. The Morgan fingerprint density at radius 2 is 0.746 bits per heavy atom. The summed E-state index contributed by atoms with van der Waals surface area (Å²) in [6.07, 6.45) is 72.5.